The van der Waals surface area contributed by atoms with Crippen molar-refractivity contribution in [3.05, 3.63) is 58.3 Å². The quantitative estimate of drug-likeness (QED) is 0.867. The van der Waals surface area contributed by atoms with Crippen molar-refractivity contribution < 1.29 is 9.36 Å². The highest BCUT2D eigenvalue weighted by Gasteiger charge is 2.09. The maximum absolute atomic E-state index is 11.9. The van der Waals surface area contributed by atoms with E-state index in [0.29, 0.717) is 6.54 Å². The first kappa shape index (κ1) is 13.7. The number of halogens is 1. The molecule has 0 fully saturated rings. The molecule has 0 spiro atoms. The maximum atomic E-state index is 11.9. The Labute approximate surface area is 121 Å². The molecule has 0 saturated heterocycles. The third-order valence-corrected chi connectivity index (χ3v) is 3.72. The highest BCUT2D eigenvalue weighted by molar-refractivity contribution is 9.10. The standard InChI is InChI=1S/C15H15BrN2O/c1-11-5-7-18(8-6-11)10-15(19)17-13-3-4-14(16)12(2)9-13/h3-9H,10H2,1-2H3/p+1. The van der Waals surface area contributed by atoms with E-state index in [9.17, 15) is 4.79 Å². The zero-order valence-corrected chi connectivity index (χ0v) is 12.6. The van der Waals surface area contributed by atoms with Gasteiger partial charge in [0.15, 0.2) is 12.4 Å². The van der Waals surface area contributed by atoms with Gasteiger partial charge in [-0.15, -0.1) is 0 Å². The van der Waals surface area contributed by atoms with E-state index < -0.39 is 0 Å². The predicted molar refractivity (Wildman–Crippen MR) is 78.9 cm³/mol. The van der Waals surface area contributed by atoms with E-state index in [4.69, 9.17) is 0 Å². The number of hydrogen-bond donors (Lipinski definition) is 1. The second-order valence-electron chi connectivity index (χ2n) is 4.56. The minimum absolute atomic E-state index is 0.0319. The third-order valence-electron chi connectivity index (χ3n) is 2.83. The second kappa shape index (κ2) is 5.97. The van der Waals surface area contributed by atoms with Crippen LogP contribution in [0.15, 0.2) is 47.2 Å². The lowest BCUT2D eigenvalue weighted by atomic mass is 10.2. The Morgan fingerprint density at radius 3 is 2.53 bits per heavy atom. The maximum Gasteiger partial charge on any atom is 0.290 e. The molecule has 1 aromatic carbocycles. The van der Waals surface area contributed by atoms with Gasteiger partial charge in [0.2, 0.25) is 6.54 Å². The predicted octanol–water partition coefficient (Wildman–Crippen LogP) is 2.99. The van der Waals surface area contributed by atoms with Crippen molar-refractivity contribution in [3.8, 4) is 0 Å². The summed E-state index contributed by atoms with van der Waals surface area (Å²) in [5.74, 6) is -0.0319. The number of hydrogen-bond acceptors (Lipinski definition) is 1. The number of aromatic nitrogens is 1. The van der Waals surface area contributed by atoms with E-state index in [1.807, 2.05) is 61.1 Å². The molecule has 0 bridgehead atoms. The first-order valence-corrected chi connectivity index (χ1v) is 6.85. The Balaban J connectivity index is 2.01. The second-order valence-corrected chi connectivity index (χ2v) is 5.41. The fourth-order valence-electron chi connectivity index (χ4n) is 1.73. The van der Waals surface area contributed by atoms with Gasteiger partial charge in [-0.2, -0.15) is 4.57 Å². The van der Waals surface area contributed by atoms with Gasteiger partial charge in [-0.1, -0.05) is 15.9 Å². The Kier molecular flexibility index (Phi) is 4.32. The van der Waals surface area contributed by atoms with Gasteiger partial charge in [-0.25, -0.2) is 0 Å². The molecule has 0 atom stereocenters. The number of benzene rings is 1. The Morgan fingerprint density at radius 1 is 1.21 bits per heavy atom. The van der Waals surface area contributed by atoms with E-state index in [0.717, 1.165) is 15.7 Å². The average molecular weight is 320 g/mol. The number of carbonyl (C=O) groups is 1. The summed E-state index contributed by atoms with van der Waals surface area (Å²) in [7, 11) is 0. The Bertz CT molecular complexity index is 594. The van der Waals surface area contributed by atoms with Crippen LogP contribution in [-0.2, 0) is 11.3 Å². The first-order valence-electron chi connectivity index (χ1n) is 6.06. The highest BCUT2D eigenvalue weighted by atomic mass is 79.9. The smallest absolute Gasteiger partial charge is 0.290 e. The van der Waals surface area contributed by atoms with E-state index in [-0.39, 0.29) is 5.91 Å². The molecule has 3 nitrogen and oxygen atoms in total. The van der Waals surface area contributed by atoms with E-state index in [1.165, 1.54) is 5.56 Å². The molecule has 0 aliphatic carbocycles. The minimum atomic E-state index is -0.0319. The van der Waals surface area contributed by atoms with Gasteiger partial charge >= 0.3 is 0 Å². The lowest BCUT2D eigenvalue weighted by molar-refractivity contribution is -0.684. The fourth-order valence-corrected chi connectivity index (χ4v) is 1.97. The summed E-state index contributed by atoms with van der Waals surface area (Å²) < 4.78 is 2.90. The van der Waals surface area contributed by atoms with Crippen LogP contribution in [0, 0.1) is 13.8 Å². The summed E-state index contributed by atoms with van der Waals surface area (Å²) in [6.45, 7) is 4.33. The number of nitrogens with one attached hydrogen (secondary N) is 1. The lowest BCUT2D eigenvalue weighted by Crippen LogP contribution is -2.39. The number of rotatable bonds is 3. The monoisotopic (exact) mass is 319 g/mol. The van der Waals surface area contributed by atoms with Crippen LogP contribution in [0.4, 0.5) is 5.69 Å². The van der Waals surface area contributed by atoms with Crippen molar-refractivity contribution in [1.29, 1.82) is 0 Å². The van der Waals surface area contributed by atoms with Crippen LogP contribution in [0.1, 0.15) is 11.1 Å². The molecule has 1 N–H and O–H groups in total. The Morgan fingerprint density at radius 2 is 1.89 bits per heavy atom. The van der Waals surface area contributed by atoms with Crippen molar-refractivity contribution in [2.45, 2.75) is 20.4 Å². The summed E-state index contributed by atoms with van der Waals surface area (Å²) in [5, 5.41) is 2.89. The molecule has 4 heteroatoms. The van der Waals surface area contributed by atoms with E-state index >= 15 is 0 Å². The van der Waals surface area contributed by atoms with Gasteiger partial charge in [-0.3, -0.25) is 4.79 Å². The first-order chi connectivity index (χ1) is 9.04. The number of anilines is 1. The summed E-state index contributed by atoms with van der Waals surface area (Å²) in [6, 6.07) is 9.73. The molecule has 1 aromatic heterocycles. The summed E-state index contributed by atoms with van der Waals surface area (Å²) in [4.78, 5) is 11.9. The molecule has 1 heterocycles. The van der Waals surface area contributed by atoms with Gasteiger partial charge in [0.1, 0.15) is 0 Å². The normalized spacial score (nSPS) is 10.3. The number of carbonyl (C=O) groups excluding carboxylic acids is 1. The van der Waals surface area contributed by atoms with Crippen molar-refractivity contribution in [3.63, 3.8) is 0 Å². The molecule has 19 heavy (non-hydrogen) atoms. The van der Waals surface area contributed by atoms with E-state index in [1.54, 1.807) is 0 Å². The van der Waals surface area contributed by atoms with Crippen LogP contribution in [-0.4, -0.2) is 5.91 Å². The van der Waals surface area contributed by atoms with Crippen molar-refractivity contribution in [2.24, 2.45) is 0 Å². The van der Waals surface area contributed by atoms with Gasteiger partial charge < -0.3 is 5.32 Å². The van der Waals surface area contributed by atoms with Crippen LogP contribution in [0.3, 0.4) is 0 Å². The van der Waals surface area contributed by atoms with Gasteiger partial charge in [0.25, 0.3) is 5.91 Å². The minimum Gasteiger partial charge on any atom is -0.321 e. The van der Waals surface area contributed by atoms with Crippen LogP contribution in [0.2, 0.25) is 0 Å². The summed E-state index contributed by atoms with van der Waals surface area (Å²) in [6.07, 6.45) is 3.81. The van der Waals surface area contributed by atoms with Crippen LogP contribution in [0.5, 0.6) is 0 Å². The van der Waals surface area contributed by atoms with Gasteiger partial charge in [-0.05, 0) is 43.2 Å². The third kappa shape index (κ3) is 3.89. The molecule has 0 saturated carbocycles. The van der Waals surface area contributed by atoms with Crippen molar-refractivity contribution in [2.75, 3.05) is 5.32 Å². The summed E-state index contributed by atoms with van der Waals surface area (Å²) in [5.41, 5.74) is 3.10. The van der Waals surface area contributed by atoms with Crippen LogP contribution < -0.4 is 9.88 Å². The number of amides is 1. The highest BCUT2D eigenvalue weighted by Crippen LogP contribution is 2.19. The molecule has 2 aromatic rings. The SMILES string of the molecule is Cc1cc[n+](CC(=O)Nc2ccc(Br)c(C)c2)cc1. The number of pyridine rings is 1. The number of aryl methyl sites for hydroxylation is 2. The lowest BCUT2D eigenvalue weighted by Gasteiger charge is -2.05. The molecule has 0 aliphatic heterocycles. The Hall–Kier alpha value is -1.68. The fraction of sp³-hybridized carbons (Fsp3) is 0.200. The van der Waals surface area contributed by atoms with Gasteiger partial charge in [0.05, 0.1) is 0 Å². The van der Waals surface area contributed by atoms with Crippen LogP contribution in [0.25, 0.3) is 0 Å². The molecule has 0 aliphatic rings. The average Bonchev–Trinajstić information content (AvgIpc) is 2.37. The molecule has 1 amide bonds. The van der Waals surface area contributed by atoms with Crippen LogP contribution >= 0.6 is 15.9 Å². The zero-order valence-electron chi connectivity index (χ0n) is 11.0. The topological polar surface area (TPSA) is 33.0 Å². The molecule has 98 valence electrons. The van der Waals surface area contributed by atoms with E-state index in [2.05, 4.69) is 21.2 Å². The largest absolute Gasteiger partial charge is 0.321 e. The molecule has 0 unspecified atom stereocenters. The summed E-state index contributed by atoms with van der Waals surface area (Å²) >= 11 is 3.44. The molecular formula is C15H16BrN2O+. The molecular weight excluding hydrogens is 304 g/mol. The number of nitrogens with zero attached hydrogens (tertiary/aromatic N) is 1. The van der Waals surface area contributed by atoms with Gasteiger partial charge in [0, 0.05) is 22.3 Å². The molecule has 0 radical (unpaired) electrons. The zero-order chi connectivity index (χ0) is 13.8. The molecule has 2 rings (SSSR count). The van der Waals surface area contributed by atoms with Crippen molar-refractivity contribution in [1.82, 2.24) is 0 Å². The van der Waals surface area contributed by atoms with Crippen molar-refractivity contribution >= 4 is 27.5 Å².